The van der Waals surface area contributed by atoms with Gasteiger partial charge in [0, 0.05) is 5.56 Å². The Morgan fingerprint density at radius 3 is 2.75 bits per heavy atom. The topological polar surface area (TPSA) is 43.1 Å². The lowest BCUT2D eigenvalue weighted by atomic mass is 10.0. The van der Waals surface area contributed by atoms with E-state index in [1.165, 1.54) is 12.1 Å². The van der Waals surface area contributed by atoms with Crippen LogP contribution in [0.5, 0.6) is 0 Å². The molecule has 0 aliphatic rings. The van der Waals surface area contributed by atoms with Gasteiger partial charge in [-0.1, -0.05) is 13.0 Å². The molecule has 2 N–H and O–H groups in total. The molecular weight excluding hydrogens is 157 g/mol. The summed E-state index contributed by atoms with van der Waals surface area (Å²) in [7, 11) is 0. The summed E-state index contributed by atoms with van der Waals surface area (Å²) < 4.78 is 12.6. The van der Waals surface area contributed by atoms with Crippen LogP contribution in [-0.4, -0.2) is 5.91 Å². The molecule has 0 aromatic heterocycles. The molecule has 0 aliphatic carbocycles. The van der Waals surface area contributed by atoms with Gasteiger partial charge >= 0.3 is 0 Å². The van der Waals surface area contributed by atoms with E-state index in [1.807, 2.05) is 6.92 Å². The number of amides is 1. The fourth-order valence-corrected chi connectivity index (χ4v) is 1.09. The van der Waals surface area contributed by atoms with E-state index in [0.717, 1.165) is 5.56 Å². The highest BCUT2D eigenvalue weighted by atomic mass is 19.1. The highest BCUT2D eigenvalue weighted by molar-refractivity contribution is 5.94. The first-order chi connectivity index (χ1) is 5.65. The van der Waals surface area contributed by atoms with Gasteiger partial charge in [0.25, 0.3) is 0 Å². The van der Waals surface area contributed by atoms with E-state index in [4.69, 9.17) is 5.73 Å². The SMILES string of the molecule is CCc1ccc(F)cc1C(N)=O. The van der Waals surface area contributed by atoms with Crippen molar-refractivity contribution in [3.8, 4) is 0 Å². The number of halogens is 1. The van der Waals surface area contributed by atoms with Gasteiger partial charge in [0.2, 0.25) is 5.91 Å². The molecule has 0 radical (unpaired) electrons. The second kappa shape index (κ2) is 3.34. The largest absolute Gasteiger partial charge is 0.366 e. The van der Waals surface area contributed by atoms with Crippen LogP contribution < -0.4 is 5.73 Å². The fraction of sp³-hybridized carbons (Fsp3) is 0.222. The van der Waals surface area contributed by atoms with E-state index in [0.29, 0.717) is 6.42 Å². The van der Waals surface area contributed by atoms with E-state index in [1.54, 1.807) is 6.07 Å². The van der Waals surface area contributed by atoms with E-state index in [-0.39, 0.29) is 5.56 Å². The predicted octanol–water partition coefficient (Wildman–Crippen LogP) is 1.49. The summed E-state index contributed by atoms with van der Waals surface area (Å²) in [5.74, 6) is -1.01. The van der Waals surface area contributed by atoms with Crippen LogP contribution in [0, 0.1) is 5.82 Å². The Morgan fingerprint density at radius 1 is 1.58 bits per heavy atom. The lowest BCUT2D eigenvalue weighted by Crippen LogP contribution is -2.13. The molecule has 3 heteroatoms. The van der Waals surface area contributed by atoms with Crippen LogP contribution in [0.2, 0.25) is 0 Å². The van der Waals surface area contributed by atoms with Crippen molar-refractivity contribution < 1.29 is 9.18 Å². The second-order valence-electron chi connectivity index (χ2n) is 2.52. The first-order valence-corrected chi connectivity index (χ1v) is 3.73. The lowest BCUT2D eigenvalue weighted by Gasteiger charge is -2.02. The molecule has 0 fully saturated rings. The average molecular weight is 167 g/mol. The Morgan fingerprint density at radius 2 is 2.25 bits per heavy atom. The van der Waals surface area contributed by atoms with Crippen molar-refractivity contribution in [3.63, 3.8) is 0 Å². The van der Waals surface area contributed by atoms with Crippen molar-refractivity contribution in [2.75, 3.05) is 0 Å². The molecule has 12 heavy (non-hydrogen) atoms. The minimum Gasteiger partial charge on any atom is -0.366 e. The van der Waals surface area contributed by atoms with Gasteiger partial charge in [-0.15, -0.1) is 0 Å². The number of primary amides is 1. The first kappa shape index (κ1) is 8.71. The second-order valence-corrected chi connectivity index (χ2v) is 2.52. The quantitative estimate of drug-likeness (QED) is 0.712. The molecule has 2 nitrogen and oxygen atoms in total. The monoisotopic (exact) mass is 167 g/mol. The zero-order valence-electron chi connectivity index (χ0n) is 6.80. The van der Waals surface area contributed by atoms with Crippen LogP contribution in [0.15, 0.2) is 18.2 Å². The van der Waals surface area contributed by atoms with E-state index < -0.39 is 11.7 Å². The smallest absolute Gasteiger partial charge is 0.249 e. The standard InChI is InChI=1S/C9H10FNO/c1-2-6-3-4-7(10)5-8(6)9(11)12/h3-5H,2H2,1H3,(H2,11,12). The summed E-state index contributed by atoms with van der Waals surface area (Å²) in [6.07, 6.45) is 0.679. The number of hydrogen-bond donors (Lipinski definition) is 1. The van der Waals surface area contributed by atoms with Gasteiger partial charge in [-0.3, -0.25) is 4.79 Å². The molecule has 0 spiro atoms. The summed E-state index contributed by atoms with van der Waals surface area (Å²) in [6.45, 7) is 1.89. The van der Waals surface area contributed by atoms with Crippen molar-refractivity contribution in [2.45, 2.75) is 13.3 Å². The zero-order valence-corrected chi connectivity index (χ0v) is 6.80. The number of aryl methyl sites for hydroxylation is 1. The van der Waals surface area contributed by atoms with Crippen LogP contribution >= 0.6 is 0 Å². The third-order valence-electron chi connectivity index (χ3n) is 1.72. The molecular formula is C9H10FNO. The molecule has 0 bridgehead atoms. The Labute approximate surface area is 70.2 Å². The van der Waals surface area contributed by atoms with Crippen molar-refractivity contribution >= 4 is 5.91 Å². The van der Waals surface area contributed by atoms with E-state index in [2.05, 4.69) is 0 Å². The Bertz CT molecular complexity index is 309. The van der Waals surface area contributed by atoms with E-state index in [9.17, 15) is 9.18 Å². The van der Waals surface area contributed by atoms with Crippen molar-refractivity contribution in [2.24, 2.45) is 5.73 Å². The number of hydrogen-bond acceptors (Lipinski definition) is 1. The number of carbonyl (C=O) groups is 1. The zero-order chi connectivity index (χ0) is 9.14. The fourth-order valence-electron chi connectivity index (χ4n) is 1.09. The van der Waals surface area contributed by atoms with Gasteiger partial charge in [-0.2, -0.15) is 0 Å². The van der Waals surface area contributed by atoms with Crippen LogP contribution in [-0.2, 0) is 6.42 Å². The lowest BCUT2D eigenvalue weighted by molar-refractivity contribution is 0.0999. The number of rotatable bonds is 2. The third-order valence-corrected chi connectivity index (χ3v) is 1.72. The van der Waals surface area contributed by atoms with Crippen LogP contribution in [0.25, 0.3) is 0 Å². The highest BCUT2D eigenvalue weighted by Gasteiger charge is 2.06. The Balaban J connectivity index is 3.21. The summed E-state index contributed by atoms with van der Waals surface area (Å²) in [6, 6.07) is 4.07. The van der Waals surface area contributed by atoms with Gasteiger partial charge in [0.15, 0.2) is 0 Å². The number of nitrogens with two attached hydrogens (primary N) is 1. The maximum atomic E-state index is 12.6. The maximum Gasteiger partial charge on any atom is 0.249 e. The molecule has 0 saturated carbocycles. The molecule has 1 aromatic carbocycles. The molecule has 1 rings (SSSR count). The number of carbonyl (C=O) groups excluding carboxylic acids is 1. The van der Waals surface area contributed by atoms with Crippen molar-refractivity contribution in [1.82, 2.24) is 0 Å². The first-order valence-electron chi connectivity index (χ1n) is 3.73. The summed E-state index contributed by atoms with van der Waals surface area (Å²) in [5.41, 5.74) is 6.11. The molecule has 0 atom stereocenters. The van der Waals surface area contributed by atoms with Crippen molar-refractivity contribution in [1.29, 1.82) is 0 Å². The van der Waals surface area contributed by atoms with Gasteiger partial charge in [-0.25, -0.2) is 4.39 Å². The molecule has 1 amide bonds. The van der Waals surface area contributed by atoms with Gasteiger partial charge in [0.1, 0.15) is 5.82 Å². The van der Waals surface area contributed by atoms with Crippen LogP contribution in [0.3, 0.4) is 0 Å². The van der Waals surface area contributed by atoms with Gasteiger partial charge in [-0.05, 0) is 24.1 Å². The Kier molecular flexibility index (Phi) is 2.43. The molecule has 0 saturated heterocycles. The van der Waals surface area contributed by atoms with Crippen LogP contribution in [0.1, 0.15) is 22.8 Å². The molecule has 64 valence electrons. The summed E-state index contributed by atoms with van der Waals surface area (Å²) in [4.78, 5) is 10.8. The van der Waals surface area contributed by atoms with Gasteiger partial charge < -0.3 is 5.73 Å². The molecule has 0 aliphatic heterocycles. The van der Waals surface area contributed by atoms with Crippen LogP contribution in [0.4, 0.5) is 4.39 Å². The Hall–Kier alpha value is -1.38. The minimum atomic E-state index is -0.577. The van der Waals surface area contributed by atoms with E-state index >= 15 is 0 Å². The highest BCUT2D eigenvalue weighted by Crippen LogP contribution is 2.10. The van der Waals surface area contributed by atoms with Crippen molar-refractivity contribution in [3.05, 3.63) is 35.1 Å². The summed E-state index contributed by atoms with van der Waals surface area (Å²) in [5, 5.41) is 0. The minimum absolute atomic E-state index is 0.275. The predicted molar refractivity (Wildman–Crippen MR) is 44.3 cm³/mol. The maximum absolute atomic E-state index is 12.6. The normalized spacial score (nSPS) is 9.83. The molecule has 1 aromatic rings. The summed E-state index contributed by atoms with van der Waals surface area (Å²) >= 11 is 0. The number of benzene rings is 1. The molecule has 0 unspecified atom stereocenters. The third kappa shape index (κ3) is 1.61. The average Bonchev–Trinajstić information content (AvgIpc) is 2.04. The molecule has 0 heterocycles. The van der Waals surface area contributed by atoms with Gasteiger partial charge in [0.05, 0.1) is 0 Å².